The minimum absolute atomic E-state index is 0.127. The van der Waals surface area contributed by atoms with Crippen molar-refractivity contribution in [3.63, 3.8) is 0 Å². The van der Waals surface area contributed by atoms with Crippen molar-refractivity contribution in [2.75, 3.05) is 39.4 Å². The lowest BCUT2D eigenvalue weighted by atomic mass is 9.79. The molecule has 1 N–H and O–H groups in total. The molecular formula is C29H41N3O4S. The fraction of sp³-hybridized carbons (Fsp3) is 0.552. The maximum absolute atomic E-state index is 12.7. The molecule has 0 saturated carbocycles. The zero-order valence-corrected chi connectivity index (χ0v) is 23.6. The molecule has 7 nitrogen and oxygen atoms in total. The highest BCUT2D eigenvalue weighted by atomic mass is 32.2. The highest BCUT2D eigenvalue weighted by Crippen LogP contribution is 2.39. The molecule has 0 aromatic heterocycles. The van der Waals surface area contributed by atoms with Crippen LogP contribution < -0.4 is 9.46 Å². The van der Waals surface area contributed by atoms with Crippen LogP contribution >= 0.6 is 0 Å². The van der Waals surface area contributed by atoms with E-state index in [1.165, 1.54) is 5.56 Å². The Kier molecular flexibility index (Phi) is 8.43. The maximum atomic E-state index is 12.7. The van der Waals surface area contributed by atoms with E-state index in [-0.39, 0.29) is 16.4 Å². The van der Waals surface area contributed by atoms with Crippen LogP contribution in [0.15, 0.2) is 54.6 Å². The van der Waals surface area contributed by atoms with Gasteiger partial charge in [0.05, 0.1) is 21.3 Å². The molecule has 1 atom stereocenters. The van der Waals surface area contributed by atoms with Crippen LogP contribution in [0.1, 0.15) is 58.6 Å². The van der Waals surface area contributed by atoms with E-state index in [4.69, 9.17) is 9.47 Å². The SMILES string of the molecule is CC(C)(N[S@@](=O)C(C)(C)C)c1ccc(C2(N3CCN(C(=O)Oc4ccccc4)CC3)CCOCC2)cc1. The number of piperazine rings is 1. The molecule has 2 aliphatic heterocycles. The average Bonchev–Trinajstić information content (AvgIpc) is 2.89. The smallest absolute Gasteiger partial charge is 0.410 e. The number of nitrogens with one attached hydrogen (secondary N) is 1. The average molecular weight is 528 g/mol. The Labute approximate surface area is 224 Å². The number of amides is 1. The van der Waals surface area contributed by atoms with Crippen molar-refractivity contribution in [1.29, 1.82) is 0 Å². The summed E-state index contributed by atoms with van der Waals surface area (Å²) in [5.74, 6) is 0.569. The van der Waals surface area contributed by atoms with E-state index in [1.54, 1.807) is 17.0 Å². The number of para-hydroxylation sites is 1. The van der Waals surface area contributed by atoms with Crippen LogP contribution in [-0.2, 0) is 26.8 Å². The van der Waals surface area contributed by atoms with Gasteiger partial charge in [0.15, 0.2) is 0 Å². The van der Waals surface area contributed by atoms with E-state index < -0.39 is 16.5 Å². The maximum Gasteiger partial charge on any atom is 0.415 e. The summed E-state index contributed by atoms with van der Waals surface area (Å²) in [4.78, 5) is 17.0. The topological polar surface area (TPSA) is 71.1 Å². The summed E-state index contributed by atoms with van der Waals surface area (Å²) in [7, 11) is -1.17. The minimum Gasteiger partial charge on any atom is -0.410 e. The lowest BCUT2D eigenvalue weighted by Gasteiger charge is -2.50. The number of hydrogen-bond acceptors (Lipinski definition) is 5. The van der Waals surface area contributed by atoms with Gasteiger partial charge in [-0.05, 0) is 70.7 Å². The molecule has 37 heavy (non-hydrogen) atoms. The summed E-state index contributed by atoms with van der Waals surface area (Å²) < 4.78 is 27.0. The zero-order chi connectivity index (χ0) is 26.7. The van der Waals surface area contributed by atoms with Gasteiger partial charge in [0.2, 0.25) is 0 Å². The molecule has 2 heterocycles. The Balaban J connectivity index is 1.46. The van der Waals surface area contributed by atoms with Gasteiger partial charge in [0.1, 0.15) is 5.75 Å². The number of carbonyl (C=O) groups excluding carboxylic acids is 1. The molecule has 0 spiro atoms. The quantitative estimate of drug-likeness (QED) is 0.585. The van der Waals surface area contributed by atoms with Crippen molar-refractivity contribution >= 4 is 17.1 Å². The van der Waals surface area contributed by atoms with Gasteiger partial charge >= 0.3 is 6.09 Å². The van der Waals surface area contributed by atoms with E-state index in [0.29, 0.717) is 18.8 Å². The number of benzene rings is 2. The van der Waals surface area contributed by atoms with Crippen molar-refractivity contribution in [3.05, 3.63) is 65.7 Å². The Hall–Kier alpha value is -2.26. The molecule has 202 valence electrons. The van der Waals surface area contributed by atoms with Crippen LogP contribution in [0.25, 0.3) is 0 Å². The fourth-order valence-electron chi connectivity index (χ4n) is 5.11. The molecule has 8 heteroatoms. The second kappa shape index (κ2) is 11.2. The summed E-state index contributed by atoms with van der Waals surface area (Å²) in [6.45, 7) is 14.3. The number of ether oxygens (including phenoxy) is 2. The Morgan fingerprint density at radius 3 is 2.08 bits per heavy atom. The Bertz CT molecular complexity index is 1070. The van der Waals surface area contributed by atoms with E-state index >= 15 is 0 Å². The summed E-state index contributed by atoms with van der Waals surface area (Å²) in [6, 6.07) is 18.0. The molecule has 0 unspecified atom stereocenters. The van der Waals surface area contributed by atoms with Gasteiger partial charge in [0.25, 0.3) is 0 Å². The molecule has 0 aliphatic carbocycles. The van der Waals surface area contributed by atoms with E-state index in [1.807, 2.05) is 39.0 Å². The van der Waals surface area contributed by atoms with E-state index in [9.17, 15) is 9.00 Å². The lowest BCUT2D eigenvalue weighted by molar-refractivity contribution is -0.0483. The van der Waals surface area contributed by atoms with Gasteiger partial charge in [-0.3, -0.25) is 4.90 Å². The lowest BCUT2D eigenvalue weighted by Crippen LogP contribution is -2.58. The van der Waals surface area contributed by atoms with Crippen molar-refractivity contribution in [2.24, 2.45) is 0 Å². The molecule has 2 aromatic carbocycles. The Morgan fingerprint density at radius 1 is 0.919 bits per heavy atom. The third-order valence-corrected chi connectivity index (χ3v) is 9.27. The molecule has 0 bridgehead atoms. The third kappa shape index (κ3) is 6.42. The van der Waals surface area contributed by atoms with Crippen LogP contribution in [0, 0.1) is 0 Å². The number of rotatable bonds is 6. The summed E-state index contributed by atoms with van der Waals surface area (Å²) >= 11 is 0. The van der Waals surface area contributed by atoms with Gasteiger partial charge in [-0.15, -0.1) is 0 Å². The van der Waals surface area contributed by atoms with Gasteiger partial charge < -0.3 is 14.4 Å². The first-order chi connectivity index (χ1) is 17.5. The molecule has 2 aromatic rings. The normalized spacial score (nSPS) is 19.9. The standard InChI is InChI=1S/C29H41N3O4S/c1-27(2,3)37(34)30-28(4,5)23-11-13-24(14-12-23)29(15-21-35-22-16-29)32-19-17-31(18-20-32)26(33)36-25-9-7-6-8-10-25/h6-14,30H,15-22H2,1-5H3/t37-/m0/s1. The Morgan fingerprint density at radius 2 is 1.51 bits per heavy atom. The third-order valence-electron chi connectivity index (χ3n) is 7.46. The summed E-state index contributed by atoms with van der Waals surface area (Å²) in [6.07, 6.45) is 1.53. The van der Waals surface area contributed by atoms with Crippen LogP contribution in [0.3, 0.4) is 0 Å². The minimum atomic E-state index is -1.17. The van der Waals surface area contributed by atoms with Crippen molar-refractivity contribution in [1.82, 2.24) is 14.5 Å². The highest BCUT2D eigenvalue weighted by Gasteiger charge is 2.42. The number of nitrogens with zero attached hydrogens (tertiary/aromatic N) is 2. The predicted octanol–water partition coefficient (Wildman–Crippen LogP) is 4.80. The van der Waals surface area contributed by atoms with Gasteiger partial charge in [0, 0.05) is 44.9 Å². The van der Waals surface area contributed by atoms with E-state index in [2.05, 4.69) is 47.7 Å². The van der Waals surface area contributed by atoms with Crippen LogP contribution in [0.5, 0.6) is 5.75 Å². The molecule has 2 fully saturated rings. The van der Waals surface area contributed by atoms with Crippen molar-refractivity contribution in [3.8, 4) is 5.75 Å². The van der Waals surface area contributed by atoms with Crippen LogP contribution in [-0.4, -0.2) is 64.2 Å². The first-order valence-electron chi connectivity index (χ1n) is 13.2. The largest absolute Gasteiger partial charge is 0.415 e. The summed E-state index contributed by atoms with van der Waals surface area (Å²) in [5, 5.41) is 0. The number of hydrogen-bond donors (Lipinski definition) is 1. The first kappa shape index (κ1) is 27.8. The zero-order valence-electron chi connectivity index (χ0n) is 22.8. The number of carbonyl (C=O) groups is 1. The molecule has 2 saturated heterocycles. The fourth-order valence-corrected chi connectivity index (χ4v) is 6.00. The second-order valence-electron chi connectivity index (χ2n) is 11.5. The molecule has 0 radical (unpaired) electrons. The van der Waals surface area contributed by atoms with Crippen LogP contribution in [0.2, 0.25) is 0 Å². The molecular weight excluding hydrogens is 486 g/mol. The predicted molar refractivity (Wildman–Crippen MR) is 148 cm³/mol. The molecule has 2 aliphatic rings. The molecule has 4 rings (SSSR count). The summed E-state index contributed by atoms with van der Waals surface area (Å²) in [5.41, 5.74) is 1.82. The van der Waals surface area contributed by atoms with Gasteiger partial charge in [-0.1, -0.05) is 42.5 Å². The van der Waals surface area contributed by atoms with Crippen LogP contribution in [0.4, 0.5) is 4.79 Å². The van der Waals surface area contributed by atoms with Crippen molar-refractivity contribution < 1.29 is 18.5 Å². The first-order valence-corrected chi connectivity index (χ1v) is 14.3. The van der Waals surface area contributed by atoms with Gasteiger partial charge in [-0.2, -0.15) is 0 Å². The monoisotopic (exact) mass is 527 g/mol. The highest BCUT2D eigenvalue weighted by molar-refractivity contribution is 7.84. The van der Waals surface area contributed by atoms with Crippen molar-refractivity contribution in [2.45, 2.75) is 63.3 Å². The second-order valence-corrected chi connectivity index (χ2v) is 13.5. The van der Waals surface area contributed by atoms with Gasteiger partial charge in [-0.25, -0.2) is 13.7 Å². The molecule has 1 amide bonds. The van der Waals surface area contributed by atoms with E-state index in [0.717, 1.165) is 44.7 Å².